The smallest absolute Gasteiger partial charge is 0.323 e. The highest BCUT2D eigenvalue weighted by Crippen LogP contribution is 2.13. The lowest BCUT2D eigenvalue weighted by molar-refractivity contribution is -0.137. The number of carbonyl (C=O) groups is 2. The summed E-state index contributed by atoms with van der Waals surface area (Å²) in [4.78, 5) is 24.5. The quantitative estimate of drug-likeness (QED) is 0.882. The molecule has 1 amide bonds. The third-order valence-corrected chi connectivity index (χ3v) is 3.50. The average Bonchev–Trinajstić information content (AvgIpc) is 2.86. The monoisotopic (exact) mass is 301 g/mol. The van der Waals surface area contributed by atoms with E-state index in [0.29, 0.717) is 18.7 Å². The summed E-state index contributed by atoms with van der Waals surface area (Å²) >= 11 is 0. The predicted octanol–water partition coefficient (Wildman–Crippen LogP) is 1.79. The summed E-state index contributed by atoms with van der Waals surface area (Å²) in [5.74, 6) is -1.33. The summed E-state index contributed by atoms with van der Waals surface area (Å²) < 4.78 is 1.75. The molecule has 0 spiro atoms. The number of hydrogen-bond donors (Lipinski definition) is 1. The van der Waals surface area contributed by atoms with E-state index in [4.69, 9.17) is 5.11 Å². The SMILES string of the molecule is CCN(CC(=O)O)C(=O)c1cnn(Cc2ccccc2)c1C. The molecule has 2 rings (SSSR count). The summed E-state index contributed by atoms with van der Waals surface area (Å²) in [6, 6.07) is 9.83. The van der Waals surface area contributed by atoms with Crippen LogP contribution in [0.2, 0.25) is 0 Å². The molecule has 6 heteroatoms. The fraction of sp³-hybridized carbons (Fsp3) is 0.312. The predicted molar refractivity (Wildman–Crippen MR) is 81.7 cm³/mol. The van der Waals surface area contributed by atoms with Gasteiger partial charge in [0.2, 0.25) is 0 Å². The van der Waals surface area contributed by atoms with Gasteiger partial charge in [-0.2, -0.15) is 5.10 Å². The summed E-state index contributed by atoms with van der Waals surface area (Å²) in [6.45, 7) is 4.18. The number of rotatable bonds is 6. The molecule has 0 unspecified atom stereocenters. The summed E-state index contributed by atoms with van der Waals surface area (Å²) in [7, 11) is 0. The van der Waals surface area contributed by atoms with Crippen molar-refractivity contribution >= 4 is 11.9 Å². The molecule has 0 saturated heterocycles. The molecule has 116 valence electrons. The fourth-order valence-electron chi connectivity index (χ4n) is 2.23. The van der Waals surface area contributed by atoms with Crippen molar-refractivity contribution in [3.05, 3.63) is 53.3 Å². The molecule has 0 aliphatic rings. The van der Waals surface area contributed by atoms with E-state index in [1.54, 1.807) is 11.6 Å². The summed E-state index contributed by atoms with van der Waals surface area (Å²) in [5, 5.41) is 13.1. The number of likely N-dealkylation sites (N-methyl/N-ethyl adjacent to an activating group) is 1. The van der Waals surface area contributed by atoms with Gasteiger partial charge in [-0.15, -0.1) is 0 Å². The van der Waals surface area contributed by atoms with Crippen molar-refractivity contribution in [2.24, 2.45) is 0 Å². The van der Waals surface area contributed by atoms with E-state index in [0.717, 1.165) is 11.3 Å². The minimum atomic E-state index is -1.02. The van der Waals surface area contributed by atoms with E-state index in [-0.39, 0.29) is 12.5 Å². The lowest BCUT2D eigenvalue weighted by Crippen LogP contribution is -2.35. The Labute approximate surface area is 129 Å². The van der Waals surface area contributed by atoms with Gasteiger partial charge in [0.1, 0.15) is 6.54 Å². The zero-order valence-corrected chi connectivity index (χ0v) is 12.7. The second-order valence-corrected chi connectivity index (χ2v) is 5.00. The van der Waals surface area contributed by atoms with Gasteiger partial charge >= 0.3 is 5.97 Å². The number of hydrogen-bond acceptors (Lipinski definition) is 3. The van der Waals surface area contributed by atoms with Crippen LogP contribution in [0.1, 0.15) is 28.5 Å². The van der Waals surface area contributed by atoms with Gasteiger partial charge in [0.25, 0.3) is 5.91 Å². The molecular formula is C16H19N3O3. The van der Waals surface area contributed by atoms with Gasteiger partial charge in [-0.25, -0.2) is 0 Å². The van der Waals surface area contributed by atoms with Gasteiger partial charge < -0.3 is 10.0 Å². The second-order valence-electron chi connectivity index (χ2n) is 5.00. The van der Waals surface area contributed by atoms with Crippen molar-refractivity contribution in [1.82, 2.24) is 14.7 Å². The van der Waals surface area contributed by atoms with Crippen LogP contribution >= 0.6 is 0 Å². The zero-order valence-electron chi connectivity index (χ0n) is 12.7. The van der Waals surface area contributed by atoms with Crippen molar-refractivity contribution in [1.29, 1.82) is 0 Å². The van der Waals surface area contributed by atoms with E-state index in [1.807, 2.05) is 37.3 Å². The first-order chi connectivity index (χ1) is 10.5. The molecule has 0 aliphatic carbocycles. The van der Waals surface area contributed by atoms with E-state index >= 15 is 0 Å². The zero-order chi connectivity index (χ0) is 16.1. The van der Waals surface area contributed by atoms with Crippen LogP contribution < -0.4 is 0 Å². The van der Waals surface area contributed by atoms with E-state index in [2.05, 4.69) is 5.10 Å². The van der Waals surface area contributed by atoms with Crippen molar-refractivity contribution in [2.45, 2.75) is 20.4 Å². The third-order valence-electron chi connectivity index (χ3n) is 3.50. The van der Waals surface area contributed by atoms with Gasteiger partial charge in [0.15, 0.2) is 0 Å². The molecule has 0 bridgehead atoms. The van der Waals surface area contributed by atoms with Crippen LogP contribution in [0.15, 0.2) is 36.5 Å². The van der Waals surface area contributed by atoms with Crippen LogP contribution in [0.25, 0.3) is 0 Å². The van der Waals surface area contributed by atoms with Gasteiger partial charge in [0.05, 0.1) is 18.3 Å². The van der Waals surface area contributed by atoms with E-state index < -0.39 is 5.97 Å². The Morgan fingerprint density at radius 2 is 1.95 bits per heavy atom. The van der Waals surface area contributed by atoms with Crippen LogP contribution in [-0.2, 0) is 11.3 Å². The maximum absolute atomic E-state index is 12.4. The highest BCUT2D eigenvalue weighted by molar-refractivity contribution is 5.96. The van der Waals surface area contributed by atoms with Crippen molar-refractivity contribution in [3.63, 3.8) is 0 Å². The Kier molecular flexibility index (Phi) is 4.93. The van der Waals surface area contributed by atoms with Crippen LogP contribution in [0.4, 0.5) is 0 Å². The first kappa shape index (κ1) is 15.8. The molecule has 0 fully saturated rings. The minimum absolute atomic E-state index is 0.304. The third kappa shape index (κ3) is 3.52. The number of carbonyl (C=O) groups excluding carboxylic acids is 1. The standard InChI is InChI=1S/C16H19N3O3/c1-3-18(11-15(20)21)16(22)14-9-17-19(12(14)2)10-13-7-5-4-6-8-13/h4-9H,3,10-11H2,1-2H3,(H,20,21). The van der Waals surface area contributed by atoms with Crippen LogP contribution in [0, 0.1) is 6.92 Å². The molecular weight excluding hydrogens is 282 g/mol. The van der Waals surface area contributed by atoms with Gasteiger partial charge in [0, 0.05) is 12.2 Å². The Hall–Kier alpha value is -2.63. The number of carboxylic acid groups (broad SMARTS) is 1. The topological polar surface area (TPSA) is 75.4 Å². The van der Waals surface area contributed by atoms with Crippen LogP contribution in [0.3, 0.4) is 0 Å². The Morgan fingerprint density at radius 3 is 2.55 bits per heavy atom. The van der Waals surface area contributed by atoms with Gasteiger partial charge in [-0.3, -0.25) is 14.3 Å². The molecule has 1 aromatic heterocycles. The van der Waals surface area contributed by atoms with E-state index in [1.165, 1.54) is 11.1 Å². The van der Waals surface area contributed by atoms with Gasteiger partial charge in [-0.05, 0) is 19.4 Å². The van der Waals surface area contributed by atoms with Crippen LogP contribution in [0.5, 0.6) is 0 Å². The highest BCUT2D eigenvalue weighted by Gasteiger charge is 2.21. The lowest BCUT2D eigenvalue weighted by Gasteiger charge is -2.18. The van der Waals surface area contributed by atoms with E-state index in [9.17, 15) is 9.59 Å². The average molecular weight is 301 g/mol. The largest absolute Gasteiger partial charge is 0.480 e. The number of aliphatic carboxylic acids is 1. The number of carboxylic acids is 1. The fourth-order valence-corrected chi connectivity index (χ4v) is 2.23. The molecule has 0 atom stereocenters. The van der Waals surface area contributed by atoms with Crippen molar-refractivity contribution < 1.29 is 14.7 Å². The Bertz CT molecular complexity index is 665. The first-order valence-corrected chi connectivity index (χ1v) is 7.10. The molecule has 1 heterocycles. The van der Waals surface area contributed by atoms with Gasteiger partial charge in [-0.1, -0.05) is 30.3 Å². The number of nitrogens with zero attached hydrogens (tertiary/aromatic N) is 3. The normalized spacial score (nSPS) is 10.5. The minimum Gasteiger partial charge on any atom is -0.480 e. The molecule has 22 heavy (non-hydrogen) atoms. The molecule has 0 radical (unpaired) electrons. The molecule has 0 saturated carbocycles. The maximum Gasteiger partial charge on any atom is 0.323 e. The summed E-state index contributed by atoms with van der Waals surface area (Å²) in [5.41, 5.74) is 2.27. The number of aromatic nitrogens is 2. The second kappa shape index (κ2) is 6.89. The molecule has 1 N–H and O–H groups in total. The van der Waals surface area contributed by atoms with Crippen LogP contribution in [-0.4, -0.2) is 44.8 Å². The lowest BCUT2D eigenvalue weighted by atomic mass is 10.2. The van der Waals surface area contributed by atoms with Crippen molar-refractivity contribution in [2.75, 3.05) is 13.1 Å². The Morgan fingerprint density at radius 1 is 1.27 bits per heavy atom. The number of amides is 1. The molecule has 0 aliphatic heterocycles. The number of benzene rings is 1. The Balaban J connectivity index is 2.19. The summed E-state index contributed by atoms with van der Waals surface area (Å²) in [6.07, 6.45) is 1.51. The molecule has 2 aromatic rings. The maximum atomic E-state index is 12.4. The highest BCUT2D eigenvalue weighted by atomic mass is 16.4. The molecule has 1 aromatic carbocycles. The van der Waals surface area contributed by atoms with Crippen molar-refractivity contribution in [3.8, 4) is 0 Å². The first-order valence-electron chi connectivity index (χ1n) is 7.10. The molecule has 6 nitrogen and oxygen atoms in total.